The minimum Gasteiger partial charge on any atom is -0.316 e. The highest BCUT2D eigenvalue weighted by Gasteiger charge is 2.00. The molecule has 0 aliphatic heterocycles. The maximum Gasteiger partial charge on any atom is 0.229 e. The Balaban J connectivity index is 0.00000196. The van der Waals surface area contributed by atoms with Gasteiger partial charge in [-0.25, -0.2) is 8.42 Å². The number of anilines is 1. The lowest BCUT2D eigenvalue weighted by molar-refractivity contribution is 0.607. The van der Waals surface area contributed by atoms with Crippen LogP contribution in [-0.2, 0) is 16.6 Å². The van der Waals surface area contributed by atoms with Gasteiger partial charge in [-0.05, 0) is 24.7 Å². The summed E-state index contributed by atoms with van der Waals surface area (Å²) in [4.78, 5) is 0. The second-order valence-corrected chi connectivity index (χ2v) is 4.85. The lowest BCUT2D eigenvalue weighted by Gasteiger charge is -2.04. The van der Waals surface area contributed by atoms with E-state index in [1.54, 1.807) is 12.1 Å². The lowest BCUT2D eigenvalue weighted by atomic mass is 10.2. The average molecular weight is 251 g/mol. The highest BCUT2D eigenvalue weighted by atomic mass is 35.5. The summed E-state index contributed by atoms with van der Waals surface area (Å²) >= 11 is 0. The summed E-state index contributed by atoms with van der Waals surface area (Å²) in [5.74, 6) is 0. The first kappa shape index (κ1) is 14.2. The van der Waals surface area contributed by atoms with Crippen LogP contribution in [0.4, 0.5) is 5.69 Å². The number of hydrogen-bond donors (Lipinski definition) is 2. The zero-order chi connectivity index (χ0) is 10.6. The van der Waals surface area contributed by atoms with E-state index in [9.17, 15) is 8.42 Å². The molecule has 0 saturated carbocycles. The molecule has 1 aromatic carbocycles. The molecule has 6 heteroatoms. The van der Waals surface area contributed by atoms with E-state index in [-0.39, 0.29) is 12.4 Å². The van der Waals surface area contributed by atoms with Crippen molar-refractivity contribution in [1.29, 1.82) is 0 Å². The molecule has 1 rings (SSSR count). The van der Waals surface area contributed by atoms with E-state index in [1.165, 1.54) is 0 Å². The third kappa shape index (κ3) is 5.61. The van der Waals surface area contributed by atoms with Crippen LogP contribution in [0.3, 0.4) is 0 Å². The van der Waals surface area contributed by atoms with Crippen LogP contribution in [-0.4, -0.2) is 21.7 Å². The summed E-state index contributed by atoms with van der Waals surface area (Å²) in [5.41, 5.74) is 1.71. The van der Waals surface area contributed by atoms with Crippen LogP contribution in [0.15, 0.2) is 24.3 Å². The predicted molar refractivity (Wildman–Crippen MR) is 64.9 cm³/mol. The van der Waals surface area contributed by atoms with Crippen molar-refractivity contribution < 1.29 is 8.42 Å². The Hall–Kier alpha value is -0.780. The van der Waals surface area contributed by atoms with Crippen LogP contribution in [0.1, 0.15) is 5.56 Å². The first-order chi connectivity index (χ1) is 6.51. The van der Waals surface area contributed by atoms with Crippen molar-refractivity contribution in [1.82, 2.24) is 5.32 Å². The normalized spacial score (nSPS) is 10.5. The molecule has 2 N–H and O–H groups in total. The third-order valence-corrected chi connectivity index (χ3v) is 2.24. The Morgan fingerprint density at radius 3 is 2.13 bits per heavy atom. The first-order valence-electron chi connectivity index (χ1n) is 4.22. The van der Waals surface area contributed by atoms with E-state index in [2.05, 4.69) is 10.0 Å². The van der Waals surface area contributed by atoms with E-state index in [0.717, 1.165) is 18.4 Å². The van der Waals surface area contributed by atoms with Crippen molar-refractivity contribution in [3.05, 3.63) is 29.8 Å². The van der Waals surface area contributed by atoms with Gasteiger partial charge in [0, 0.05) is 12.2 Å². The van der Waals surface area contributed by atoms with Gasteiger partial charge >= 0.3 is 0 Å². The summed E-state index contributed by atoms with van der Waals surface area (Å²) in [7, 11) is -1.30. The number of nitrogens with one attached hydrogen (secondary N) is 2. The second-order valence-electron chi connectivity index (χ2n) is 3.10. The molecule has 0 spiro atoms. The fourth-order valence-corrected chi connectivity index (χ4v) is 1.67. The van der Waals surface area contributed by atoms with Gasteiger partial charge in [0.15, 0.2) is 0 Å². The van der Waals surface area contributed by atoms with Crippen molar-refractivity contribution >= 4 is 28.1 Å². The standard InChI is InChI=1S/C9H14N2O2S.ClH/c1-10-7-8-3-5-9(6-4-8)11-14(2,12)13;/h3-6,10-11H,7H2,1-2H3;1H. The number of benzene rings is 1. The molecular formula is C9H15ClN2O2S. The van der Waals surface area contributed by atoms with Gasteiger partial charge in [-0.3, -0.25) is 4.72 Å². The number of halogens is 1. The third-order valence-electron chi connectivity index (χ3n) is 1.64. The van der Waals surface area contributed by atoms with Crippen molar-refractivity contribution in [2.45, 2.75) is 6.54 Å². The van der Waals surface area contributed by atoms with Gasteiger partial charge in [-0.15, -0.1) is 12.4 Å². The Morgan fingerprint density at radius 2 is 1.73 bits per heavy atom. The van der Waals surface area contributed by atoms with Crippen LogP contribution in [0, 0.1) is 0 Å². The maximum atomic E-state index is 10.9. The Bertz CT molecular complexity index is 389. The molecule has 15 heavy (non-hydrogen) atoms. The first-order valence-corrected chi connectivity index (χ1v) is 6.12. The molecule has 86 valence electrons. The van der Waals surface area contributed by atoms with Crippen molar-refractivity contribution in [3.8, 4) is 0 Å². The fourth-order valence-electron chi connectivity index (χ4n) is 1.11. The molecule has 0 aliphatic rings. The van der Waals surface area contributed by atoms with Crippen molar-refractivity contribution in [2.75, 3.05) is 18.0 Å². The molecule has 0 amide bonds. The molecule has 0 radical (unpaired) electrons. The van der Waals surface area contributed by atoms with Gasteiger partial charge in [0.05, 0.1) is 6.26 Å². The zero-order valence-electron chi connectivity index (χ0n) is 8.65. The number of sulfonamides is 1. The van der Waals surface area contributed by atoms with Gasteiger partial charge in [0.25, 0.3) is 0 Å². The summed E-state index contributed by atoms with van der Waals surface area (Å²) < 4.78 is 24.2. The molecule has 0 fully saturated rings. The van der Waals surface area contributed by atoms with Gasteiger partial charge in [-0.2, -0.15) is 0 Å². The van der Waals surface area contributed by atoms with Crippen LogP contribution < -0.4 is 10.0 Å². The molecule has 1 aromatic rings. The zero-order valence-corrected chi connectivity index (χ0v) is 10.3. The topological polar surface area (TPSA) is 58.2 Å². The SMILES string of the molecule is CNCc1ccc(NS(C)(=O)=O)cc1.Cl. The van der Waals surface area contributed by atoms with Crippen molar-refractivity contribution in [2.24, 2.45) is 0 Å². The number of rotatable bonds is 4. The largest absolute Gasteiger partial charge is 0.316 e. The maximum absolute atomic E-state index is 10.9. The highest BCUT2D eigenvalue weighted by molar-refractivity contribution is 7.92. The Morgan fingerprint density at radius 1 is 1.20 bits per heavy atom. The fraction of sp³-hybridized carbons (Fsp3) is 0.333. The predicted octanol–water partition coefficient (Wildman–Crippen LogP) is 1.20. The summed E-state index contributed by atoms with van der Waals surface area (Å²) in [6, 6.07) is 7.25. The van der Waals surface area contributed by atoms with Crippen LogP contribution in [0.2, 0.25) is 0 Å². The molecule has 0 aliphatic carbocycles. The molecule has 0 unspecified atom stereocenters. The molecule has 0 atom stereocenters. The van der Waals surface area contributed by atoms with Crippen molar-refractivity contribution in [3.63, 3.8) is 0 Å². The summed E-state index contributed by atoms with van der Waals surface area (Å²) in [6.07, 6.45) is 1.13. The van der Waals surface area contributed by atoms with E-state index in [1.807, 2.05) is 19.2 Å². The van der Waals surface area contributed by atoms with Gasteiger partial charge < -0.3 is 5.32 Å². The monoisotopic (exact) mass is 250 g/mol. The Kier molecular flexibility index (Phi) is 5.64. The molecule has 0 heterocycles. The van der Waals surface area contributed by atoms with Gasteiger partial charge in [-0.1, -0.05) is 12.1 Å². The molecule has 4 nitrogen and oxygen atoms in total. The van der Waals surface area contributed by atoms with E-state index < -0.39 is 10.0 Å². The average Bonchev–Trinajstić information content (AvgIpc) is 2.06. The van der Waals surface area contributed by atoms with Crippen LogP contribution in [0.25, 0.3) is 0 Å². The Labute approximate surface area is 96.5 Å². The summed E-state index contributed by atoms with van der Waals surface area (Å²) in [6.45, 7) is 0.777. The molecule has 0 aromatic heterocycles. The van der Waals surface area contributed by atoms with E-state index >= 15 is 0 Å². The van der Waals surface area contributed by atoms with E-state index in [0.29, 0.717) is 5.69 Å². The minimum absolute atomic E-state index is 0. The quantitative estimate of drug-likeness (QED) is 0.844. The second kappa shape index (κ2) is 5.95. The van der Waals surface area contributed by atoms with E-state index in [4.69, 9.17) is 0 Å². The highest BCUT2D eigenvalue weighted by Crippen LogP contribution is 2.10. The van der Waals surface area contributed by atoms with Crippen LogP contribution in [0.5, 0.6) is 0 Å². The molecular weight excluding hydrogens is 236 g/mol. The molecule has 0 bridgehead atoms. The minimum atomic E-state index is -3.17. The van der Waals surface area contributed by atoms with Crippen LogP contribution >= 0.6 is 12.4 Å². The van der Waals surface area contributed by atoms with Gasteiger partial charge in [0.1, 0.15) is 0 Å². The lowest BCUT2D eigenvalue weighted by Crippen LogP contribution is -2.10. The molecule has 0 saturated heterocycles. The summed E-state index contributed by atoms with van der Waals surface area (Å²) in [5, 5.41) is 3.01. The number of hydrogen-bond acceptors (Lipinski definition) is 3. The van der Waals surface area contributed by atoms with Gasteiger partial charge in [0.2, 0.25) is 10.0 Å². The smallest absolute Gasteiger partial charge is 0.229 e.